The number of halogens is 1. The van der Waals surface area contributed by atoms with Crippen molar-refractivity contribution < 1.29 is 21.5 Å². The molecular formula is C30H64BrN. The predicted octanol–water partition coefficient (Wildman–Crippen LogP) is 7.47. The van der Waals surface area contributed by atoms with Crippen molar-refractivity contribution in [1.29, 1.82) is 0 Å². The van der Waals surface area contributed by atoms with Crippen LogP contribution in [0.1, 0.15) is 169 Å². The van der Waals surface area contributed by atoms with E-state index in [1.54, 1.807) is 0 Å². The van der Waals surface area contributed by atoms with Gasteiger partial charge in [-0.1, -0.05) is 118 Å². The predicted molar refractivity (Wildman–Crippen MR) is 144 cm³/mol. The molecule has 0 aliphatic carbocycles. The molecule has 0 saturated carbocycles. The number of hydrogen-bond donors (Lipinski definition) is 0. The molecule has 0 aromatic carbocycles. The average molecular weight is 519 g/mol. The van der Waals surface area contributed by atoms with Crippen LogP contribution in [0.4, 0.5) is 0 Å². The zero-order chi connectivity index (χ0) is 22.9. The van der Waals surface area contributed by atoms with Crippen LogP contribution in [0.25, 0.3) is 0 Å². The molecule has 0 heterocycles. The Morgan fingerprint density at radius 1 is 0.281 bits per heavy atom. The van der Waals surface area contributed by atoms with E-state index in [0.29, 0.717) is 0 Å². The van der Waals surface area contributed by atoms with Crippen LogP contribution in [-0.4, -0.2) is 30.7 Å². The zero-order valence-corrected chi connectivity index (χ0v) is 24.8. The van der Waals surface area contributed by atoms with E-state index in [1.807, 2.05) is 0 Å². The van der Waals surface area contributed by atoms with Crippen molar-refractivity contribution in [3.8, 4) is 0 Å². The lowest BCUT2D eigenvalue weighted by atomic mass is 10.0. The van der Waals surface area contributed by atoms with Crippen molar-refractivity contribution >= 4 is 0 Å². The Morgan fingerprint density at radius 3 is 0.688 bits per heavy atom. The lowest BCUT2D eigenvalue weighted by Gasteiger charge is -2.40. The fourth-order valence-corrected chi connectivity index (χ4v) is 5.23. The molecule has 0 amide bonds. The molecule has 0 aliphatic heterocycles. The van der Waals surface area contributed by atoms with E-state index in [1.165, 1.54) is 172 Å². The monoisotopic (exact) mass is 517 g/mol. The maximum atomic E-state index is 2.34. The number of rotatable bonds is 26. The fraction of sp³-hybridized carbons (Fsp3) is 1.00. The van der Waals surface area contributed by atoms with E-state index >= 15 is 0 Å². The summed E-state index contributed by atoms with van der Waals surface area (Å²) in [5.74, 6) is 0. The Hall–Kier alpha value is 0.440. The molecule has 32 heavy (non-hydrogen) atoms. The lowest BCUT2D eigenvalue weighted by molar-refractivity contribution is -0.929. The molecule has 0 rings (SSSR count). The van der Waals surface area contributed by atoms with Gasteiger partial charge in [0, 0.05) is 0 Å². The molecule has 0 aromatic rings. The molecule has 196 valence electrons. The minimum Gasteiger partial charge on any atom is -1.00 e. The van der Waals surface area contributed by atoms with Crippen LogP contribution in [-0.2, 0) is 0 Å². The summed E-state index contributed by atoms with van der Waals surface area (Å²) in [4.78, 5) is 0. The van der Waals surface area contributed by atoms with Gasteiger partial charge in [0.2, 0.25) is 0 Å². The summed E-state index contributed by atoms with van der Waals surface area (Å²) in [5.41, 5.74) is 0. The summed E-state index contributed by atoms with van der Waals surface area (Å²) in [6, 6.07) is 0. The SMILES string of the molecule is CCCCCCCCC[N+](CCCCCCC)(CCCCCCC)CCCCCCC.[Br-]. The first-order chi connectivity index (χ1) is 15.2. The van der Waals surface area contributed by atoms with Crippen molar-refractivity contribution in [1.82, 2.24) is 0 Å². The third-order valence-electron chi connectivity index (χ3n) is 7.44. The molecule has 1 nitrogen and oxygen atoms in total. The average Bonchev–Trinajstić information content (AvgIpc) is 2.78. The van der Waals surface area contributed by atoms with Crippen molar-refractivity contribution in [3.63, 3.8) is 0 Å². The van der Waals surface area contributed by atoms with Gasteiger partial charge in [0.1, 0.15) is 0 Å². The first-order valence-electron chi connectivity index (χ1n) is 15.1. The highest BCUT2D eigenvalue weighted by Crippen LogP contribution is 2.20. The molecule has 0 fully saturated rings. The van der Waals surface area contributed by atoms with Crippen LogP contribution in [0.15, 0.2) is 0 Å². The summed E-state index contributed by atoms with van der Waals surface area (Å²) >= 11 is 0. The van der Waals surface area contributed by atoms with Crippen molar-refractivity contribution in [2.75, 3.05) is 26.2 Å². The molecular weight excluding hydrogens is 454 g/mol. The normalized spacial score (nSPS) is 11.6. The number of quaternary nitrogens is 1. The number of hydrogen-bond acceptors (Lipinski definition) is 0. The van der Waals surface area contributed by atoms with Crippen LogP contribution in [0.2, 0.25) is 0 Å². The standard InChI is InChI=1S/C30H64N.BrH/c1-5-9-13-17-18-22-26-30-31(27-23-19-14-10-6-2,28-24-20-15-11-7-3)29-25-21-16-12-8-4;/h5-30H2,1-4H3;1H/q+1;/p-1. The van der Waals surface area contributed by atoms with E-state index < -0.39 is 0 Å². The van der Waals surface area contributed by atoms with Crippen LogP contribution in [0.5, 0.6) is 0 Å². The van der Waals surface area contributed by atoms with E-state index in [4.69, 9.17) is 0 Å². The second-order valence-electron chi connectivity index (χ2n) is 10.6. The van der Waals surface area contributed by atoms with Gasteiger partial charge in [0.05, 0.1) is 26.2 Å². The molecule has 0 aliphatic rings. The Morgan fingerprint density at radius 2 is 0.469 bits per heavy atom. The minimum absolute atomic E-state index is 0. The number of unbranched alkanes of at least 4 members (excludes halogenated alkanes) is 18. The van der Waals surface area contributed by atoms with Gasteiger partial charge in [-0.25, -0.2) is 0 Å². The molecule has 2 heteroatoms. The van der Waals surface area contributed by atoms with Crippen LogP contribution < -0.4 is 17.0 Å². The second-order valence-corrected chi connectivity index (χ2v) is 10.6. The number of nitrogens with zero attached hydrogens (tertiary/aromatic N) is 1. The Labute approximate surface area is 216 Å². The zero-order valence-electron chi connectivity index (χ0n) is 23.2. The van der Waals surface area contributed by atoms with Gasteiger partial charge >= 0.3 is 0 Å². The van der Waals surface area contributed by atoms with Gasteiger partial charge in [-0.3, -0.25) is 0 Å². The van der Waals surface area contributed by atoms with E-state index in [2.05, 4.69) is 27.7 Å². The maximum absolute atomic E-state index is 2.34. The molecule has 0 spiro atoms. The van der Waals surface area contributed by atoms with Gasteiger partial charge in [-0.2, -0.15) is 0 Å². The molecule has 0 N–H and O–H groups in total. The molecule has 0 saturated heterocycles. The van der Waals surface area contributed by atoms with Gasteiger partial charge in [0.25, 0.3) is 0 Å². The molecule has 0 atom stereocenters. The van der Waals surface area contributed by atoms with E-state index in [-0.39, 0.29) is 17.0 Å². The Bertz CT molecular complexity index is 295. The van der Waals surface area contributed by atoms with Crippen LogP contribution in [0.3, 0.4) is 0 Å². The van der Waals surface area contributed by atoms with E-state index in [9.17, 15) is 0 Å². The third-order valence-corrected chi connectivity index (χ3v) is 7.44. The first-order valence-corrected chi connectivity index (χ1v) is 15.1. The van der Waals surface area contributed by atoms with Gasteiger partial charge < -0.3 is 21.5 Å². The van der Waals surface area contributed by atoms with Gasteiger partial charge in [-0.15, -0.1) is 0 Å². The van der Waals surface area contributed by atoms with Crippen LogP contribution in [0, 0.1) is 0 Å². The molecule has 0 unspecified atom stereocenters. The largest absolute Gasteiger partial charge is 1.00 e. The topological polar surface area (TPSA) is 0 Å². The Kier molecular flexibility index (Phi) is 29.9. The summed E-state index contributed by atoms with van der Waals surface area (Å²) in [6.45, 7) is 15.2. The fourth-order valence-electron chi connectivity index (χ4n) is 5.23. The molecule has 0 bridgehead atoms. The third kappa shape index (κ3) is 22.2. The summed E-state index contributed by atoms with van der Waals surface area (Å²) in [7, 11) is 0. The summed E-state index contributed by atoms with van der Waals surface area (Å²) in [6.07, 6.45) is 31.8. The van der Waals surface area contributed by atoms with Crippen molar-refractivity contribution in [2.24, 2.45) is 0 Å². The summed E-state index contributed by atoms with van der Waals surface area (Å²) in [5, 5.41) is 0. The van der Waals surface area contributed by atoms with Gasteiger partial charge in [0.15, 0.2) is 0 Å². The molecule has 0 radical (unpaired) electrons. The smallest absolute Gasteiger partial charge is 0.0786 e. The maximum Gasteiger partial charge on any atom is 0.0786 e. The first kappa shape index (κ1) is 34.6. The van der Waals surface area contributed by atoms with Gasteiger partial charge in [-0.05, 0) is 51.4 Å². The van der Waals surface area contributed by atoms with E-state index in [0.717, 1.165) is 0 Å². The molecule has 0 aromatic heterocycles. The second kappa shape index (κ2) is 27.7. The summed E-state index contributed by atoms with van der Waals surface area (Å²) < 4.78 is 1.47. The Balaban J connectivity index is 0. The highest BCUT2D eigenvalue weighted by Gasteiger charge is 2.25. The van der Waals surface area contributed by atoms with Crippen molar-refractivity contribution in [3.05, 3.63) is 0 Å². The van der Waals surface area contributed by atoms with Crippen molar-refractivity contribution in [2.45, 2.75) is 169 Å². The lowest BCUT2D eigenvalue weighted by Crippen LogP contribution is -3.00. The quantitative estimate of drug-likeness (QED) is 0.0823. The highest BCUT2D eigenvalue weighted by molar-refractivity contribution is 4.54. The van der Waals surface area contributed by atoms with Crippen LogP contribution >= 0.6 is 0 Å². The highest BCUT2D eigenvalue weighted by atomic mass is 79.9. The minimum atomic E-state index is 0.